The second kappa shape index (κ2) is 6.36. The average Bonchev–Trinajstić information content (AvgIpc) is 2.63. The smallest absolute Gasteiger partial charge is 0.251 e. The van der Waals surface area contributed by atoms with Gasteiger partial charge in [0.15, 0.2) is 0 Å². The number of nitrogens with one attached hydrogen (secondary N) is 1. The van der Waals surface area contributed by atoms with Gasteiger partial charge in [0.05, 0.1) is 5.69 Å². The predicted octanol–water partition coefficient (Wildman–Crippen LogP) is 3.15. The van der Waals surface area contributed by atoms with E-state index < -0.39 is 0 Å². The van der Waals surface area contributed by atoms with Crippen molar-refractivity contribution in [1.82, 2.24) is 5.32 Å². The maximum Gasteiger partial charge on any atom is 0.251 e. The Labute approximate surface area is 147 Å². The minimum atomic E-state index is -0.0475. The predicted molar refractivity (Wildman–Crippen MR) is 97.8 cm³/mol. The van der Waals surface area contributed by atoms with Gasteiger partial charge in [-0.3, -0.25) is 9.59 Å². The maximum atomic E-state index is 12.6. The highest BCUT2D eigenvalue weighted by Gasteiger charge is 2.30. The number of amides is 2. The van der Waals surface area contributed by atoms with Crippen molar-refractivity contribution in [3.63, 3.8) is 0 Å². The van der Waals surface area contributed by atoms with Crippen LogP contribution in [-0.2, 0) is 24.2 Å². The summed E-state index contributed by atoms with van der Waals surface area (Å²) in [7, 11) is 0. The summed E-state index contributed by atoms with van der Waals surface area (Å²) in [4.78, 5) is 26.6. The number of hydrogen-bond acceptors (Lipinski definition) is 2. The van der Waals surface area contributed by atoms with Crippen molar-refractivity contribution in [2.45, 2.75) is 39.2 Å². The van der Waals surface area contributed by atoms with E-state index in [-0.39, 0.29) is 11.8 Å². The number of benzene rings is 2. The fraction of sp³-hybridized carbons (Fsp3) is 0.333. The van der Waals surface area contributed by atoms with E-state index in [0.29, 0.717) is 18.5 Å². The van der Waals surface area contributed by atoms with Crippen LogP contribution in [0.25, 0.3) is 0 Å². The Bertz CT molecular complexity index is 822. The Balaban J connectivity index is 1.55. The van der Waals surface area contributed by atoms with E-state index >= 15 is 0 Å². The Kier molecular flexibility index (Phi) is 4.04. The molecule has 1 N–H and O–H groups in total. The highest BCUT2D eigenvalue weighted by molar-refractivity contribution is 6.00. The third-order valence-electron chi connectivity index (χ3n) is 5.11. The molecule has 0 saturated carbocycles. The first-order chi connectivity index (χ1) is 12.1. The van der Waals surface area contributed by atoms with Crippen LogP contribution in [0.4, 0.5) is 5.69 Å². The molecule has 0 saturated heterocycles. The van der Waals surface area contributed by atoms with Crippen molar-refractivity contribution in [3.8, 4) is 0 Å². The van der Waals surface area contributed by atoms with E-state index in [1.54, 1.807) is 0 Å². The van der Waals surface area contributed by atoms with Gasteiger partial charge in [-0.15, -0.1) is 0 Å². The molecule has 2 aliphatic heterocycles. The molecule has 0 atom stereocenters. The standard InChI is InChI=1S/C21H22N2O2/c1-14-4-6-15(7-5-14)13-22-21(25)18-11-16-3-2-10-23-19(24)9-8-17(12-18)20(16)23/h4-7,11-12H,2-3,8-10,13H2,1H3,(H,22,25). The minimum absolute atomic E-state index is 0.0475. The SMILES string of the molecule is Cc1ccc(CNC(=O)c2cc3c4c(c2)CCC(=O)N4CCC3)cc1. The van der Waals surface area contributed by atoms with Gasteiger partial charge < -0.3 is 10.2 Å². The van der Waals surface area contributed by atoms with Gasteiger partial charge in [0.1, 0.15) is 0 Å². The zero-order valence-corrected chi connectivity index (χ0v) is 14.5. The Morgan fingerprint density at radius 2 is 1.80 bits per heavy atom. The zero-order chi connectivity index (χ0) is 17.4. The normalized spacial score (nSPS) is 15.7. The van der Waals surface area contributed by atoms with Gasteiger partial charge in [-0.25, -0.2) is 0 Å². The van der Waals surface area contributed by atoms with Crippen LogP contribution in [0.15, 0.2) is 36.4 Å². The molecule has 0 fully saturated rings. The number of hydrogen-bond donors (Lipinski definition) is 1. The number of rotatable bonds is 3. The largest absolute Gasteiger partial charge is 0.348 e. The van der Waals surface area contributed by atoms with Gasteiger partial charge in [0.2, 0.25) is 5.91 Å². The molecular formula is C21H22N2O2. The molecule has 2 heterocycles. The maximum absolute atomic E-state index is 12.6. The second-order valence-electron chi connectivity index (χ2n) is 6.96. The minimum Gasteiger partial charge on any atom is -0.348 e. The molecule has 2 aliphatic rings. The number of carbonyl (C=O) groups is 2. The second-order valence-corrected chi connectivity index (χ2v) is 6.96. The lowest BCUT2D eigenvalue weighted by atomic mass is 9.89. The molecule has 0 unspecified atom stereocenters. The average molecular weight is 334 g/mol. The van der Waals surface area contributed by atoms with Crippen LogP contribution in [0.2, 0.25) is 0 Å². The van der Waals surface area contributed by atoms with Gasteiger partial charge >= 0.3 is 0 Å². The molecule has 25 heavy (non-hydrogen) atoms. The molecule has 4 nitrogen and oxygen atoms in total. The van der Waals surface area contributed by atoms with Crippen LogP contribution in [0.3, 0.4) is 0 Å². The van der Waals surface area contributed by atoms with Crippen molar-refractivity contribution in [1.29, 1.82) is 0 Å². The van der Waals surface area contributed by atoms with Crippen LogP contribution in [-0.4, -0.2) is 18.4 Å². The number of anilines is 1. The number of carbonyl (C=O) groups excluding carboxylic acids is 2. The first-order valence-electron chi connectivity index (χ1n) is 8.92. The van der Waals surface area contributed by atoms with Gasteiger partial charge in [-0.05, 0) is 55.0 Å². The third-order valence-corrected chi connectivity index (χ3v) is 5.11. The molecule has 4 heteroatoms. The molecule has 2 aromatic carbocycles. The van der Waals surface area contributed by atoms with Crippen LogP contribution >= 0.6 is 0 Å². The topological polar surface area (TPSA) is 49.4 Å². The molecule has 0 aliphatic carbocycles. The monoisotopic (exact) mass is 334 g/mol. The van der Waals surface area contributed by atoms with E-state index in [4.69, 9.17) is 0 Å². The molecule has 0 radical (unpaired) electrons. The summed E-state index contributed by atoms with van der Waals surface area (Å²) in [5, 5.41) is 3.01. The molecule has 128 valence electrons. The Morgan fingerprint density at radius 1 is 1.08 bits per heavy atom. The van der Waals surface area contributed by atoms with Gasteiger partial charge in [-0.2, -0.15) is 0 Å². The lowest BCUT2D eigenvalue weighted by molar-refractivity contribution is -0.119. The van der Waals surface area contributed by atoms with Gasteiger partial charge in [-0.1, -0.05) is 29.8 Å². The van der Waals surface area contributed by atoms with Crippen LogP contribution in [0.1, 0.15) is 45.5 Å². The van der Waals surface area contributed by atoms with Gasteiger partial charge in [0.25, 0.3) is 5.91 Å². The summed E-state index contributed by atoms with van der Waals surface area (Å²) in [6, 6.07) is 12.1. The lowest BCUT2D eigenvalue weighted by Crippen LogP contribution is -2.39. The Hall–Kier alpha value is -2.62. The summed E-state index contributed by atoms with van der Waals surface area (Å²) < 4.78 is 0. The van der Waals surface area contributed by atoms with E-state index in [1.165, 1.54) is 5.56 Å². The molecule has 2 amide bonds. The van der Waals surface area contributed by atoms with E-state index in [0.717, 1.165) is 48.2 Å². The van der Waals surface area contributed by atoms with Crippen molar-refractivity contribution in [2.24, 2.45) is 0 Å². The quantitative estimate of drug-likeness (QED) is 0.937. The van der Waals surface area contributed by atoms with E-state index in [1.807, 2.05) is 29.2 Å². The lowest BCUT2D eigenvalue weighted by Gasteiger charge is -2.35. The fourth-order valence-corrected chi connectivity index (χ4v) is 3.77. The summed E-state index contributed by atoms with van der Waals surface area (Å²) in [6.45, 7) is 3.38. The molecule has 0 bridgehead atoms. The van der Waals surface area contributed by atoms with Crippen molar-refractivity contribution < 1.29 is 9.59 Å². The van der Waals surface area contributed by atoms with E-state index in [2.05, 4.69) is 24.4 Å². The van der Waals surface area contributed by atoms with Gasteiger partial charge in [0, 0.05) is 25.1 Å². The summed E-state index contributed by atoms with van der Waals surface area (Å²) in [5.41, 5.74) is 6.35. The van der Waals surface area contributed by atoms with Crippen molar-refractivity contribution in [2.75, 3.05) is 11.4 Å². The fourth-order valence-electron chi connectivity index (χ4n) is 3.77. The molecule has 2 aromatic rings. The summed E-state index contributed by atoms with van der Waals surface area (Å²) in [6.07, 6.45) is 3.18. The molecule has 0 aromatic heterocycles. The Morgan fingerprint density at radius 3 is 2.56 bits per heavy atom. The molecule has 0 spiro atoms. The van der Waals surface area contributed by atoms with Crippen molar-refractivity contribution in [3.05, 3.63) is 64.2 Å². The first kappa shape index (κ1) is 15.9. The number of nitrogens with zero attached hydrogens (tertiary/aromatic N) is 1. The van der Waals surface area contributed by atoms with E-state index in [9.17, 15) is 9.59 Å². The highest BCUT2D eigenvalue weighted by atomic mass is 16.2. The first-order valence-corrected chi connectivity index (χ1v) is 8.92. The zero-order valence-electron chi connectivity index (χ0n) is 14.5. The van der Waals surface area contributed by atoms with Crippen LogP contribution < -0.4 is 10.2 Å². The van der Waals surface area contributed by atoms with Crippen molar-refractivity contribution >= 4 is 17.5 Å². The third kappa shape index (κ3) is 3.04. The van der Waals surface area contributed by atoms with Crippen LogP contribution in [0, 0.1) is 6.92 Å². The number of aryl methyl sites for hydroxylation is 3. The highest BCUT2D eigenvalue weighted by Crippen LogP contribution is 2.36. The summed E-state index contributed by atoms with van der Waals surface area (Å²) >= 11 is 0. The summed E-state index contributed by atoms with van der Waals surface area (Å²) in [5.74, 6) is 0.165. The molecule has 4 rings (SSSR count). The van der Waals surface area contributed by atoms with Crippen LogP contribution in [0.5, 0.6) is 0 Å². The molecular weight excluding hydrogens is 312 g/mol.